The number of nitrogens with zero attached hydrogens (tertiary/aromatic N) is 3. The number of carbonyl (C=O) groups excluding carboxylic acids is 1. The van der Waals surface area contributed by atoms with Crippen LogP contribution in [0.1, 0.15) is 13.3 Å². The van der Waals surface area contributed by atoms with Gasteiger partial charge >= 0.3 is 0 Å². The molecule has 0 aliphatic carbocycles. The van der Waals surface area contributed by atoms with Crippen LogP contribution in [0.3, 0.4) is 0 Å². The average Bonchev–Trinajstić information content (AvgIpc) is 2.61. The van der Waals surface area contributed by atoms with Gasteiger partial charge in [0.1, 0.15) is 0 Å². The molecule has 0 aromatic carbocycles. The molecule has 20 heavy (non-hydrogen) atoms. The zero-order valence-corrected chi connectivity index (χ0v) is 12.8. The van der Waals surface area contributed by atoms with Crippen LogP contribution in [0.4, 0.5) is 0 Å². The highest BCUT2D eigenvalue weighted by atomic mass is 16.5. The van der Waals surface area contributed by atoms with Crippen molar-refractivity contribution in [2.75, 3.05) is 53.4 Å². The standard InChI is InChI=1S/C14H27N3O3/c1-11(18)17-6-4-5-16(7-8-17)9-13-14(19)12(10-20-13)15(2)3/h12-14,19H,4-10H2,1-3H3/t12-,13-,14+/m0/s1. The van der Waals surface area contributed by atoms with Crippen LogP contribution in [-0.4, -0.2) is 97.4 Å². The first-order chi connectivity index (χ1) is 9.49. The molecule has 6 heteroatoms. The Bertz CT molecular complexity index is 338. The number of aliphatic hydroxyl groups excluding tert-OH is 1. The van der Waals surface area contributed by atoms with E-state index >= 15 is 0 Å². The van der Waals surface area contributed by atoms with Crippen LogP contribution in [0, 0.1) is 0 Å². The first-order valence-electron chi connectivity index (χ1n) is 7.43. The van der Waals surface area contributed by atoms with E-state index in [4.69, 9.17) is 4.74 Å². The lowest BCUT2D eigenvalue weighted by Gasteiger charge is -2.27. The van der Waals surface area contributed by atoms with Crippen molar-refractivity contribution in [3.63, 3.8) is 0 Å². The Hall–Kier alpha value is -0.690. The van der Waals surface area contributed by atoms with Gasteiger partial charge < -0.3 is 19.6 Å². The Labute approximate surface area is 121 Å². The fourth-order valence-electron chi connectivity index (χ4n) is 3.01. The summed E-state index contributed by atoms with van der Waals surface area (Å²) >= 11 is 0. The van der Waals surface area contributed by atoms with Crippen molar-refractivity contribution in [2.24, 2.45) is 0 Å². The molecule has 116 valence electrons. The molecular formula is C14H27N3O3. The summed E-state index contributed by atoms with van der Waals surface area (Å²) < 4.78 is 5.74. The van der Waals surface area contributed by atoms with Crippen molar-refractivity contribution in [3.05, 3.63) is 0 Å². The molecule has 0 bridgehead atoms. The maximum absolute atomic E-state index is 11.4. The van der Waals surface area contributed by atoms with Crippen LogP contribution in [0.15, 0.2) is 0 Å². The maximum Gasteiger partial charge on any atom is 0.219 e. The highest BCUT2D eigenvalue weighted by molar-refractivity contribution is 5.73. The van der Waals surface area contributed by atoms with Crippen molar-refractivity contribution in [3.8, 4) is 0 Å². The van der Waals surface area contributed by atoms with Gasteiger partial charge in [-0.3, -0.25) is 9.69 Å². The summed E-state index contributed by atoms with van der Waals surface area (Å²) in [7, 11) is 3.94. The lowest BCUT2D eigenvalue weighted by Crippen LogP contribution is -2.45. The van der Waals surface area contributed by atoms with E-state index < -0.39 is 6.10 Å². The SMILES string of the molecule is CC(=O)N1CCCN(C[C@@H]2OC[C@H](N(C)C)[C@H]2O)CC1. The maximum atomic E-state index is 11.4. The molecule has 2 fully saturated rings. The van der Waals surface area contributed by atoms with Crippen LogP contribution in [0.2, 0.25) is 0 Å². The van der Waals surface area contributed by atoms with Gasteiger partial charge in [-0.2, -0.15) is 0 Å². The van der Waals surface area contributed by atoms with Gasteiger partial charge in [-0.05, 0) is 27.1 Å². The topological polar surface area (TPSA) is 56.2 Å². The molecule has 2 rings (SSSR count). The molecule has 0 aromatic rings. The summed E-state index contributed by atoms with van der Waals surface area (Å²) in [4.78, 5) is 17.6. The van der Waals surface area contributed by atoms with Crippen LogP contribution >= 0.6 is 0 Å². The Morgan fingerprint density at radius 2 is 2.05 bits per heavy atom. The first-order valence-corrected chi connectivity index (χ1v) is 7.43. The number of amides is 1. The Balaban J connectivity index is 1.83. The largest absolute Gasteiger partial charge is 0.389 e. The van der Waals surface area contributed by atoms with E-state index in [9.17, 15) is 9.90 Å². The van der Waals surface area contributed by atoms with Gasteiger partial charge in [-0.15, -0.1) is 0 Å². The highest BCUT2D eigenvalue weighted by Crippen LogP contribution is 2.19. The van der Waals surface area contributed by atoms with E-state index in [0.29, 0.717) is 6.61 Å². The minimum absolute atomic E-state index is 0.0840. The minimum Gasteiger partial charge on any atom is -0.389 e. The third-order valence-electron chi connectivity index (χ3n) is 4.39. The van der Waals surface area contributed by atoms with E-state index in [2.05, 4.69) is 4.90 Å². The molecule has 2 aliphatic rings. The van der Waals surface area contributed by atoms with Crippen molar-refractivity contribution in [1.82, 2.24) is 14.7 Å². The van der Waals surface area contributed by atoms with Gasteiger partial charge in [0.25, 0.3) is 0 Å². The summed E-state index contributed by atoms with van der Waals surface area (Å²) in [6.45, 7) is 6.39. The van der Waals surface area contributed by atoms with E-state index in [1.165, 1.54) is 0 Å². The lowest BCUT2D eigenvalue weighted by molar-refractivity contribution is -0.128. The number of rotatable bonds is 3. The zero-order valence-electron chi connectivity index (χ0n) is 12.8. The smallest absolute Gasteiger partial charge is 0.219 e. The fraction of sp³-hybridized carbons (Fsp3) is 0.929. The van der Waals surface area contributed by atoms with Gasteiger partial charge in [0.2, 0.25) is 5.91 Å². The highest BCUT2D eigenvalue weighted by Gasteiger charge is 2.38. The molecule has 0 spiro atoms. The molecule has 2 aliphatic heterocycles. The second kappa shape index (κ2) is 6.85. The van der Waals surface area contributed by atoms with Crippen LogP contribution in [0.5, 0.6) is 0 Å². The van der Waals surface area contributed by atoms with Gasteiger partial charge in [-0.1, -0.05) is 0 Å². The summed E-state index contributed by atoms with van der Waals surface area (Å²) in [5.41, 5.74) is 0. The monoisotopic (exact) mass is 285 g/mol. The third kappa shape index (κ3) is 3.69. The minimum atomic E-state index is -0.433. The van der Waals surface area contributed by atoms with Gasteiger partial charge in [-0.25, -0.2) is 0 Å². The zero-order chi connectivity index (χ0) is 14.7. The Morgan fingerprint density at radius 1 is 1.30 bits per heavy atom. The summed E-state index contributed by atoms with van der Waals surface area (Å²) in [5.74, 6) is 0.150. The Morgan fingerprint density at radius 3 is 2.65 bits per heavy atom. The summed E-state index contributed by atoms with van der Waals surface area (Å²) in [5, 5.41) is 10.3. The van der Waals surface area contributed by atoms with Gasteiger partial charge in [0.15, 0.2) is 0 Å². The quantitative estimate of drug-likeness (QED) is 0.738. The second-order valence-electron chi connectivity index (χ2n) is 6.05. The molecule has 6 nitrogen and oxygen atoms in total. The van der Waals surface area contributed by atoms with E-state index in [1.54, 1.807) is 6.92 Å². The third-order valence-corrected chi connectivity index (χ3v) is 4.39. The summed E-state index contributed by atoms with van der Waals surface area (Å²) in [6, 6.07) is 0.0840. The molecule has 0 radical (unpaired) electrons. The molecule has 0 aromatic heterocycles. The normalized spacial score (nSPS) is 32.6. The molecular weight excluding hydrogens is 258 g/mol. The van der Waals surface area contributed by atoms with Crippen molar-refractivity contribution in [1.29, 1.82) is 0 Å². The number of carbonyl (C=O) groups is 1. The number of hydrogen-bond acceptors (Lipinski definition) is 5. The molecule has 0 saturated carbocycles. The summed E-state index contributed by atoms with van der Waals surface area (Å²) in [6.07, 6.45) is 0.433. The van der Waals surface area contributed by atoms with Crippen LogP contribution in [0.25, 0.3) is 0 Å². The lowest BCUT2D eigenvalue weighted by atomic mass is 10.1. The molecule has 2 saturated heterocycles. The number of likely N-dealkylation sites (N-methyl/N-ethyl adjacent to an activating group) is 1. The predicted molar refractivity (Wildman–Crippen MR) is 76.5 cm³/mol. The predicted octanol–water partition coefficient (Wildman–Crippen LogP) is -0.769. The van der Waals surface area contributed by atoms with Crippen molar-refractivity contribution < 1.29 is 14.6 Å². The average molecular weight is 285 g/mol. The molecule has 3 atom stereocenters. The van der Waals surface area contributed by atoms with Gasteiger partial charge in [0, 0.05) is 33.1 Å². The van der Waals surface area contributed by atoms with Gasteiger partial charge in [0.05, 0.1) is 24.9 Å². The van der Waals surface area contributed by atoms with E-state index in [-0.39, 0.29) is 18.1 Å². The fourth-order valence-corrected chi connectivity index (χ4v) is 3.01. The molecule has 0 unspecified atom stereocenters. The molecule has 1 N–H and O–H groups in total. The van der Waals surface area contributed by atoms with E-state index in [1.807, 2.05) is 23.9 Å². The van der Waals surface area contributed by atoms with Crippen LogP contribution < -0.4 is 0 Å². The number of ether oxygens (including phenoxy) is 1. The number of aliphatic hydroxyl groups is 1. The second-order valence-corrected chi connectivity index (χ2v) is 6.05. The van der Waals surface area contributed by atoms with Crippen LogP contribution in [-0.2, 0) is 9.53 Å². The first kappa shape index (κ1) is 15.7. The van der Waals surface area contributed by atoms with Crippen molar-refractivity contribution in [2.45, 2.75) is 31.6 Å². The number of hydrogen-bond donors (Lipinski definition) is 1. The van der Waals surface area contributed by atoms with E-state index in [0.717, 1.165) is 39.1 Å². The Kier molecular flexibility index (Phi) is 5.37. The molecule has 1 amide bonds. The van der Waals surface area contributed by atoms with Crippen molar-refractivity contribution >= 4 is 5.91 Å². The molecule has 2 heterocycles.